The molecule has 1 atom stereocenters. The molecule has 0 aliphatic carbocycles. The van der Waals surface area contributed by atoms with Crippen LogP contribution in [0.4, 0.5) is 5.69 Å². The van der Waals surface area contributed by atoms with Crippen LogP contribution in [0.25, 0.3) is 5.76 Å². The van der Waals surface area contributed by atoms with Crippen LogP contribution in [-0.2, 0) is 9.59 Å². The van der Waals surface area contributed by atoms with Crippen LogP contribution >= 0.6 is 11.3 Å². The number of aliphatic hydroxyl groups is 1. The van der Waals surface area contributed by atoms with Gasteiger partial charge in [-0.1, -0.05) is 51.1 Å². The highest BCUT2D eigenvalue weighted by atomic mass is 32.1. The Bertz CT molecular complexity index is 1180. The van der Waals surface area contributed by atoms with Crippen molar-refractivity contribution >= 4 is 34.5 Å². The molecule has 2 heterocycles. The number of ether oxygens (including phenoxy) is 1. The molecule has 1 aliphatic heterocycles. The highest BCUT2D eigenvalue weighted by Crippen LogP contribution is 2.43. The van der Waals surface area contributed by atoms with Crippen LogP contribution in [-0.4, -0.2) is 23.4 Å². The van der Waals surface area contributed by atoms with E-state index in [4.69, 9.17) is 4.74 Å². The number of benzene rings is 2. The van der Waals surface area contributed by atoms with Gasteiger partial charge in [0.15, 0.2) is 0 Å². The van der Waals surface area contributed by atoms with Gasteiger partial charge in [0.25, 0.3) is 11.7 Å². The number of carbonyl (C=O) groups is 2. The number of ketones is 1. The lowest BCUT2D eigenvalue weighted by molar-refractivity contribution is -0.132. The van der Waals surface area contributed by atoms with Crippen LogP contribution in [0.2, 0.25) is 0 Å². The predicted molar refractivity (Wildman–Crippen MR) is 132 cm³/mol. The topological polar surface area (TPSA) is 66.8 Å². The number of nitrogens with zero attached hydrogens (tertiary/aromatic N) is 1. The normalized spacial score (nSPS) is 17.7. The first-order valence-corrected chi connectivity index (χ1v) is 12.0. The number of rotatable bonds is 7. The summed E-state index contributed by atoms with van der Waals surface area (Å²) >= 11 is 1.45. The Labute approximate surface area is 197 Å². The molecule has 1 saturated heterocycles. The molecule has 1 unspecified atom stereocenters. The van der Waals surface area contributed by atoms with E-state index in [-0.39, 0.29) is 11.3 Å². The first kappa shape index (κ1) is 22.8. The summed E-state index contributed by atoms with van der Waals surface area (Å²) in [4.78, 5) is 28.7. The van der Waals surface area contributed by atoms with Gasteiger partial charge in [0.05, 0.1) is 12.2 Å². The molecule has 1 fully saturated rings. The zero-order valence-electron chi connectivity index (χ0n) is 18.9. The zero-order valence-corrected chi connectivity index (χ0v) is 19.8. The minimum absolute atomic E-state index is 0.0861. The first-order chi connectivity index (χ1) is 15.9. The quantitative estimate of drug-likeness (QED) is 0.255. The van der Waals surface area contributed by atoms with Gasteiger partial charge in [0.1, 0.15) is 17.6 Å². The van der Waals surface area contributed by atoms with E-state index >= 15 is 0 Å². The fourth-order valence-electron chi connectivity index (χ4n) is 3.94. The molecule has 4 rings (SSSR count). The van der Waals surface area contributed by atoms with E-state index in [1.807, 2.05) is 48.7 Å². The lowest BCUT2D eigenvalue weighted by Crippen LogP contribution is -2.29. The Kier molecular flexibility index (Phi) is 6.65. The SMILES string of the molecule is CCCOc1cccc(/C(O)=C2/C(=O)C(=O)N(c3ccc(C(C)C)cc3)C2c2cccs2)c1. The second-order valence-corrected chi connectivity index (χ2v) is 9.29. The van der Waals surface area contributed by atoms with Gasteiger partial charge in [-0.3, -0.25) is 14.5 Å². The number of amides is 1. The van der Waals surface area contributed by atoms with Crippen molar-refractivity contribution in [1.82, 2.24) is 0 Å². The van der Waals surface area contributed by atoms with Gasteiger partial charge in [-0.2, -0.15) is 0 Å². The van der Waals surface area contributed by atoms with Gasteiger partial charge in [0, 0.05) is 16.1 Å². The van der Waals surface area contributed by atoms with Crippen LogP contribution in [0.15, 0.2) is 71.6 Å². The van der Waals surface area contributed by atoms with Crippen molar-refractivity contribution in [1.29, 1.82) is 0 Å². The fourth-order valence-corrected chi connectivity index (χ4v) is 4.77. The molecule has 1 amide bonds. The molecule has 3 aromatic rings. The Balaban J connectivity index is 1.82. The van der Waals surface area contributed by atoms with Gasteiger partial charge < -0.3 is 9.84 Å². The van der Waals surface area contributed by atoms with E-state index in [0.717, 1.165) is 16.9 Å². The van der Waals surface area contributed by atoms with E-state index < -0.39 is 17.7 Å². The molecule has 1 aromatic heterocycles. The number of anilines is 1. The molecule has 170 valence electrons. The van der Waals surface area contributed by atoms with E-state index in [1.54, 1.807) is 24.3 Å². The second kappa shape index (κ2) is 9.63. The third kappa shape index (κ3) is 4.44. The molecular formula is C27H27NO4S. The largest absolute Gasteiger partial charge is 0.507 e. The highest BCUT2D eigenvalue weighted by Gasteiger charge is 2.47. The maximum absolute atomic E-state index is 13.2. The molecular weight excluding hydrogens is 434 g/mol. The average molecular weight is 462 g/mol. The Morgan fingerprint density at radius 2 is 1.85 bits per heavy atom. The molecule has 0 bridgehead atoms. The Hall–Kier alpha value is -3.38. The summed E-state index contributed by atoms with van der Waals surface area (Å²) in [7, 11) is 0. The van der Waals surface area contributed by atoms with Crippen molar-refractivity contribution in [3.63, 3.8) is 0 Å². The van der Waals surface area contributed by atoms with E-state index in [2.05, 4.69) is 13.8 Å². The number of aliphatic hydroxyl groups excluding tert-OH is 1. The number of carbonyl (C=O) groups excluding carboxylic acids is 2. The van der Waals surface area contributed by atoms with Crippen molar-refractivity contribution in [2.75, 3.05) is 11.5 Å². The Morgan fingerprint density at radius 1 is 1.09 bits per heavy atom. The number of Topliss-reactive ketones (excluding diaryl/α,β-unsaturated/α-hetero) is 1. The van der Waals surface area contributed by atoms with Gasteiger partial charge in [-0.25, -0.2) is 0 Å². The lowest BCUT2D eigenvalue weighted by Gasteiger charge is -2.24. The van der Waals surface area contributed by atoms with Crippen LogP contribution in [0.5, 0.6) is 5.75 Å². The summed E-state index contributed by atoms with van der Waals surface area (Å²) < 4.78 is 5.68. The summed E-state index contributed by atoms with van der Waals surface area (Å²) in [6, 6.07) is 17.7. The molecule has 1 N–H and O–H groups in total. The summed E-state index contributed by atoms with van der Waals surface area (Å²) in [5, 5.41) is 13.1. The van der Waals surface area contributed by atoms with E-state index in [0.29, 0.717) is 29.5 Å². The maximum atomic E-state index is 13.2. The van der Waals surface area contributed by atoms with Crippen molar-refractivity contribution in [2.24, 2.45) is 0 Å². The molecule has 6 heteroatoms. The van der Waals surface area contributed by atoms with Crippen molar-refractivity contribution in [3.05, 3.63) is 87.6 Å². The van der Waals surface area contributed by atoms with Crippen LogP contribution in [0.1, 0.15) is 55.2 Å². The van der Waals surface area contributed by atoms with E-state index in [1.165, 1.54) is 16.2 Å². The minimum Gasteiger partial charge on any atom is -0.507 e. The smallest absolute Gasteiger partial charge is 0.300 e. The number of hydrogen-bond donors (Lipinski definition) is 1. The predicted octanol–water partition coefficient (Wildman–Crippen LogP) is 6.29. The maximum Gasteiger partial charge on any atom is 0.300 e. The zero-order chi connectivity index (χ0) is 23.5. The van der Waals surface area contributed by atoms with Gasteiger partial charge in [-0.05, 0) is 53.6 Å². The van der Waals surface area contributed by atoms with Gasteiger partial charge in [0.2, 0.25) is 0 Å². The monoisotopic (exact) mass is 461 g/mol. The van der Waals surface area contributed by atoms with Gasteiger partial charge in [-0.15, -0.1) is 11.3 Å². The molecule has 5 nitrogen and oxygen atoms in total. The van der Waals surface area contributed by atoms with Crippen molar-refractivity contribution in [2.45, 2.75) is 39.2 Å². The van der Waals surface area contributed by atoms with Crippen molar-refractivity contribution in [3.8, 4) is 5.75 Å². The standard InChI is InChI=1S/C27H27NO4S/c1-4-14-32-21-8-5-7-19(16-21)25(29)23-24(22-9-6-15-33-22)28(27(31)26(23)30)20-12-10-18(11-13-20)17(2)3/h5-13,15-17,24,29H,4,14H2,1-3H3/b25-23-. The first-order valence-electron chi connectivity index (χ1n) is 11.1. The second-order valence-electron chi connectivity index (χ2n) is 8.31. The van der Waals surface area contributed by atoms with Crippen molar-refractivity contribution < 1.29 is 19.4 Å². The summed E-state index contributed by atoms with van der Waals surface area (Å²) in [5.41, 5.74) is 2.30. The number of hydrogen-bond acceptors (Lipinski definition) is 5. The molecule has 0 saturated carbocycles. The average Bonchev–Trinajstić information content (AvgIpc) is 3.44. The van der Waals surface area contributed by atoms with Crippen LogP contribution in [0.3, 0.4) is 0 Å². The minimum atomic E-state index is -0.699. The molecule has 0 spiro atoms. The molecule has 33 heavy (non-hydrogen) atoms. The number of thiophene rings is 1. The molecule has 2 aromatic carbocycles. The fraction of sp³-hybridized carbons (Fsp3) is 0.259. The lowest BCUT2D eigenvalue weighted by atomic mass is 9.99. The summed E-state index contributed by atoms with van der Waals surface area (Å²) in [5.74, 6) is -0.587. The van der Waals surface area contributed by atoms with E-state index in [9.17, 15) is 14.7 Å². The van der Waals surface area contributed by atoms with Crippen LogP contribution in [0, 0.1) is 0 Å². The summed E-state index contributed by atoms with van der Waals surface area (Å²) in [6.45, 7) is 6.77. The molecule has 0 radical (unpaired) electrons. The third-order valence-electron chi connectivity index (χ3n) is 5.68. The Morgan fingerprint density at radius 3 is 2.48 bits per heavy atom. The van der Waals surface area contributed by atoms with Crippen LogP contribution < -0.4 is 9.64 Å². The molecule has 1 aliphatic rings. The summed E-state index contributed by atoms with van der Waals surface area (Å²) in [6.07, 6.45) is 0.856. The third-order valence-corrected chi connectivity index (χ3v) is 6.60. The van der Waals surface area contributed by atoms with Gasteiger partial charge >= 0.3 is 0 Å². The highest BCUT2D eigenvalue weighted by molar-refractivity contribution is 7.10.